The van der Waals surface area contributed by atoms with Crippen LogP contribution in [0.5, 0.6) is 0 Å². The first-order chi connectivity index (χ1) is 6.61. The Balaban J connectivity index is 2.89. The molecule has 14 heavy (non-hydrogen) atoms. The number of hydrogen-bond acceptors (Lipinski definition) is 3. The van der Waals surface area contributed by atoms with E-state index in [9.17, 15) is 10.1 Å². The van der Waals surface area contributed by atoms with Crippen LogP contribution in [0.15, 0.2) is 21.3 Å². The largest absolute Gasteiger partial charge is 0.340 e. The van der Waals surface area contributed by atoms with Gasteiger partial charge in [0, 0.05) is 6.20 Å². The minimum Gasteiger partial charge on any atom is -0.340 e. The maximum atomic E-state index is 10.7. The van der Waals surface area contributed by atoms with Crippen molar-refractivity contribution in [3.8, 4) is 0 Å². The number of nitrogens with zero attached hydrogens (tertiary/aromatic N) is 2. The van der Waals surface area contributed by atoms with Gasteiger partial charge in [-0.3, -0.25) is 10.1 Å². The summed E-state index contributed by atoms with van der Waals surface area (Å²) in [6.07, 6.45) is 2.90. The van der Waals surface area contributed by atoms with Gasteiger partial charge in [0.2, 0.25) is 0 Å². The fourth-order valence-electron chi connectivity index (χ4n) is 1.16. The highest BCUT2D eigenvalue weighted by Crippen LogP contribution is 2.35. The van der Waals surface area contributed by atoms with Gasteiger partial charge in [-0.1, -0.05) is 0 Å². The number of halogens is 2. The molecule has 0 bridgehead atoms. The third-order valence-corrected chi connectivity index (χ3v) is 3.73. The smallest absolute Gasteiger partial charge is 0.297 e. The van der Waals surface area contributed by atoms with E-state index in [2.05, 4.69) is 41.8 Å². The van der Waals surface area contributed by atoms with E-state index in [0.29, 0.717) is 20.0 Å². The van der Waals surface area contributed by atoms with Gasteiger partial charge in [0.25, 0.3) is 5.69 Å². The molecule has 0 fully saturated rings. The molecule has 0 saturated carbocycles. The lowest BCUT2D eigenvalue weighted by Crippen LogP contribution is -1.86. The lowest BCUT2D eigenvalue weighted by molar-refractivity contribution is -0.383. The molecule has 0 aliphatic heterocycles. The molecule has 2 rings (SSSR count). The van der Waals surface area contributed by atoms with Crippen molar-refractivity contribution in [2.45, 2.75) is 0 Å². The zero-order valence-corrected chi connectivity index (χ0v) is 9.79. The lowest BCUT2D eigenvalue weighted by atomic mass is 10.3. The van der Waals surface area contributed by atoms with Crippen LogP contribution < -0.4 is 0 Å². The summed E-state index contributed by atoms with van der Waals surface area (Å²) in [6, 6.07) is 0. The fraction of sp³-hybridized carbons (Fsp3) is 0. The molecule has 0 aliphatic rings. The third-order valence-electron chi connectivity index (χ3n) is 1.77. The summed E-state index contributed by atoms with van der Waals surface area (Å²) in [5.74, 6) is 0. The molecule has 0 saturated heterocycles. The standard InChI is InChI=1S/C7H3Br2N3O2/c8-3-1-10-7-5(6(3)9)4(2-11-7)12(13)14/h1-2H,(H,10,11). The maximum absolute atomic E-state index is 10.7. The average Bonchev–Trinajstić information content (AvgIpc) is 2.55. The van der Waals surface area contributed by atoms with Crippen molar-refractivity contribution in [1.82, 2.24) is 9.97 Å². The van der Waals surface area contributed by atoms with Crippen LogP contribution in [0, 0.1) is 10.1 Å². The minimum atomic E-state index is -0.447. The van der Waals surface area contributed by atoms with Crippen molar-refractivity contribution < 1.29 is 4.92 Å². The molecule has 0 radical (unpaired) electrons. The summed E-state index contributed by atoms with van der Waals surface area (Å²) in [5.41, 5.74) is 0.507. The zero-order valence-electron chi connectivity index (χ0n) is 6.62. The van der Waals surface area contributed by atoms with Crippen LogP contribution in [0.2, 0.25) is 0 Å². The number of fused-ring (bicyclic) bond motifs is 1. The molecule has 0 unspecified atom stereocenters. The van der Waals surface area contributed by atoms with Gasteiger partial charge in [-0.25, -0.2) is 4.98 Å². The summed E-state index contributed by atoms with van der Waals surface area (Å²) in [4.78, 5) is 17.0. The van der Waals surface area contributed by atoms with E-state index in [0.717, 1.165) is 0 Å². The van der Waals surface area contributed by atoms with E-state index >= 15 is 0 Å². The number of pyridine rings is 1. The molecule has 2 aromatic heterocycles. The first kappa shape index (κ1) is 9.60. The van der Waals surface area contributed by atoms with Gasteiger partial charge in [-0.05, 0) is 31.9 Å². The van der Waals surface area contributed by atoms with Crippen molar-refractivity contribution in [2.75, 3.05) is 0 Å². The van der Waals surface area contributed by atoms with Crippen LogP contribution in [0.1, 0.15) is 0 Å². The zero-order chi connectivity index (χ0) is 10.3. The summed E-state index contributed by atoms with van der Waals surface area (Å²) < 4.78 is 1.32. The highest BCUT2D eigenvalue weighted by Gasteiger charge is 2.18. The van der Waals surface area contributed by atoms with Gasteiger partial charge >= 0.3 is 0 Å². The summed E-state index contributed by atoms with van der Waals surface area (Å²) >= 11 is 6.51. The molecule has 0 aromatic carbocycles. The molecule has 0 spiro atoms. The number of aromatic amines is 1. The number of nitrogens with one attached hydrogen (secondary N) is 1. The van der Waals surface area contributed by atoms with Crippen LogP contribution >= 0.6 is 31.9 Å². The van der Waals surface area contributed by atoms with Crippen molar-refractivity contribution >= 4 is 48.6 Å². The second kappa shape index (κ2) is 3.32. The molecule has 7 heteroatoms. The topological polar surface area (TPSA) is 71.8 Å². The summed E-state index contributed by atoms with van der Waals surface area (Å²) in [7, 11) is 0. The van der Waals surface area contributed by atoms with Crippen molar-refractivity contribution in [3.63, 3.8) is 0 Å². The second-order valence-corrected chi connectivity index (χ2v) is 4.22. The number of rotatable bonds is 1. The predicted molar refractivity (Wildman–Crippen MR) is 58.1 cm³/mol. The van der Waals surface area contributed by atoms with Crippen LogP contribution in [-0.4, -0.2) is 14.9 Å². The van der Waals surface area contributed by atoms with Crippen LogP contribution in [-0.2, 0) is 0 Å². The molecule has 5 nitrogen and oxygen atoms in total. The Hall–Kier alpha value is -0.950. The molecule has 0 aliphatic carbocycles. The van der Waals surface area contributed by atoms with Gasteiger partial charge in [0.05, 0.1) is 20.1 Å². The molecule has 2 heterocycles. The van der Waals surface area contributed by atoms with Crippen molar-refractivity contribution in [2.24, 2.45) is 0 Å². The van der Waals surface area contributed by atoms with Crippen LogP contribution in [0.3, 0.4) is 0 Å². The highest BCUT2D eigenvalue weighted by atomic mass is 79.9. The number of hydrogen-bond donors (Lipinski definition) is 1. The van der Waals surface area contributed by atoms with Gasteiger partial charge in [0.15, 0.2) is 0 Å². The van der Waals surface area contributed by atoms with Gasteiger partial charge < -0.3 is 4.98 Å². The quantitative estimate of drug-likeness (QED) is 0.648. The number of H-pyrrole nitrogens is 1. The molecular weight excluding hydrogens is 318 g/mol. The van der Waals surface area contributed by atoms with E-state index in [1.54, 1.807) is 6.20 Å². The molecule has 72 valence electrons. The van der Waals surface area contributed by atoms with Gasteiger partial charge in [0.1, 0.15) is 11.0 Å². The summed E-state index contributed by atoms with van der Waals surface area (Å²) in [5, 5.41) is 11.1. The van der Waals surface area contributed by atoms with Gasteiger partial charge in [-0.15, -0.1) is 0 Å². The van der Waals surface area contributed by atoms with E-state index in [-0.39, 0.29) is 5.69 Å². The molecule has 2 aromatic rings. The lowest BCUT2D eigenvalue weighted by Gasteiger charge is -1.96. The Morgan fingerprint density at radius 3 is 2.86 bits per heavy atom. The van der Waals surface area contributed by atoms with Crippen LogP contribution in [0.4, 0.5) is 5.69 Å². The normalized spacial score (nSPS) is 10.7. The third kappa shape index (κ3) is 1.32. The van der Waals surface area contributed by atoms with E-state index in [4.69, 9.17) is 0 Å². The van der Waals surface area contributed by atoms with Crippen LogP contribution in [0.25, 0.3) is 11.0 Å². The average molecular weight is 321 g/mol. The Kier molecular flexibility index (Phi) is 2.28. The molecule has 1 N–H and O–H groups in total. The number of nitro groups is 1. The maximum Gasteiger partial charge on any atom is 0.297 e. The Morgan fingerprint density at radius 1 is 1.50 bits per heavy atom. The summed E-state index contributed by atoms with van der Waals surface area (Å²) in [6.45, 7) is 0. The SMILES string of the molecule is O=[N+]([O-])c1c[nH]c2ncc(Br)c(Br)c12. The van der Waals surface area contributed by atoms with E-state index in [1.807, 2.05) is 0 Å². The molecular formula is C7H3Br2N3O2. The predicted octanol–water partition coefficient (Wildman–Crippen LogP) is 3.00. The Morgan fingerprint density at radius 2 is 2.21 bits per heavy atom. The molecule has 0 atom stereocenters. The Labute approximate surface area is 94.9 Å². The Bertz CT molecular complexity index is 523. The van der Waals surface area contributed by atoms with Crippen molar-refractivity contribution in [3.05, 3.63) is 31.5 Å². The highest BCUT2D eigenvalue weighted by molar-refractivity contribution is 9.13. The van der Waals surface area contributed by atoms with Crippen molar-refractivity contribution in [1.29, 1.82) is 0 Å². The first-order valence-electron chi connectivity index (χ1n) is 3.56. The fourth-order valence-corrected chi connectivity index (χ4v) is 1.96. The number of aromatic nitrogens is 2. The van der Waals surface area contributed by atoms with E-state index in [1.165, 1.54) is 6.20 Å². The second-order valence-electron chi connectivity index (χ2n) is 2.57. The molecule has 0 amide bonds. The monoisotopic (exact) mass is 319 g/mol. The minimum absolute atomic E-state index is 0.0145. The van der Waals surface area contributed by atoms with Gasteiger partial charge in [-0.2, -0.15) is 0 Å². The first-order valence-corrected chi connectivity index (χ1v) is 5.15. The van der Waals surface area contributed by atoms with E-state index < -0.39 is 4.92 Å².